The summed E-state index contributed by atoms with van der Waals surface area (Å²) in [5, 5.41) is 13.4. The van der Waals surface area contributed by atoms with Gasteiger partial charge in [-0.25, -0.2) is 9.59 Å². The van der Waals surface area contributed by atoms with Crippen molar-refractivity contribution in [1.29, 1.82) is 0 Å². The quantitative estimate of drug-likeness (QED) is 0.697. The molecular weight excluding hydrogens is 294 g/mol. The van der Waals surface area contributed by atoms with Gasteiger partial charge in [0.2, 0.25) is 5.91 Å². The summed E-state index contributed by atoms with van der Waals surface area (Å²) in [4.78, 5) is 36.2. The Hall–Kier alpha value is -2.09. The fraction of sp³-hybridized carbons (Fsp3) is 0.462. The number of aliphatic carboxylic acids is 1. The third-order valence-corrected chi connectivity index (χ3v) is 3.50. The van der Waals surface area contributed by atoms with Crippen molar-refractivity contribution in [3.05, 3.63) is 22.4 Å². The molecule has 21 heavy (non-hydrogen) atoms. The Morgan fingerprint density at radius 3 is 2.52 bits per heavy atom. The Morgan fingerprint density at radius 2 is 2.10 bits per heavy atom. The monoisotopic (exact) mass is 313 g/mol. The molecule has 1 atom stereocenters. The zero-order chi connectivity index (χ0) is 16.0. The highest BCUT2D eigenvalue weighted by atomic mass is 32.1. The molecule has 1 heterocycles. The number of carbonyl (C=O) groups is 3. The number of urea groups is 1. The number of hydrogen-bond acceptors (Lipinski definition) is 4. The summed E-state index contributed by atoms with van der Waals surface area (Å²) in [5.74, 6) is -1.68. The number of amides is 3. The fourth-order valence-electron chi connectivity index (χ4n) is 1.77. The molecule has 4 N–H and O–H groups in total. The van der Waals surface area contributed by atoms with Crippen LogP contribution in [0.1, 0.15) is 24.8 Å². The zero-order valence-corrected chi connectivity index (χ0v) is 12.7. The van der Waals surface area contributed by atoms with E-state index >= 15 is 0 Å². The molecule has 1 rings (SSSR count). The first-order valence-electron chi connectivity index (χ1n) is 6.41. The lowest BCUT2D eigenvalue weighted by molar-refractivity contribution is -0.139. The van der Waals surface area contributed by atoms with Crippen molar-refractivity contribution in [3.8, 4) is 0 Å². The lowest BCUT2D eigenvalue weighted by Gasteiger charge is -2.25. The van der Waals surface area contributed by atoms with Crippen molar-refractivity contribution in [2.75, 3.05) is 13.1 Å². The summed E-state index contributed by atoms with van der Waals surface area (Å²) in [5.41, 5.74) is 5.12. The average Bonchev–Trinajstić information content (AvgIpc) is 2.86. The Morgan fingerprint density at radius 1 is 1.43 bits per heavy atom. The molecule has 7 nitrogen and oxygen atoms in total. The van der Waals surface area contributed by atoms with Crippen LogP contribution >= 0.6 is 11.3 Å². The van der Waals surface area contributed by atoms with E-state index in [9.17, 15) is 19.5 Å². The molecule has 0 aliphatic carbocycles. The van der Waals surface area contributed by atoms with Gasteiger partial charge in [0.05, 0.1) is 0 Å². The summed E-state index contributed by atoms with van der Waals surface area (Å²) in [6, 6.07) is 1.57. The SMILES string of the molecule is CC(C)CN(CC(N)=O)C(=O)NC(C(=O)O)c1cccs1. The molecule has 3 amide bonds. The number of nitrogens with zero attached hydrogens (tertiary/aromatic N) is 1. The van der Waals surface area contributed by atoms with Gasteiger partial charge in [-0.15, -0.1) is 11.3 Å². The maximum absolute atomic E-state index is 12.2. The number of hydrogen-bond donors (Lipinski definition) is 3. The van der Waals surface area contributed by atoms with E-state index < -0.39 is 23.9 Å². The van der Waals surface area contributed by atoms with Crippen molar-refractivity contribution in [2.45, 2.75) is 19.9 Å². The molecule has 1 aromatic rings. The summed E-state index contributed by atoms with van der Waals surface area (Å²) < 4.78 is 0. The van der Waals surface area contributed by atoms with E-state index in [1.165, 1.54) is 16.2 Å². The molecule has 0 saturated carbocycles. The van der Waals surface area contributed by atoms with Gasteiger partial charge in [-0.1, -0.05) is 19.9 Å². The number of carboxylic acid groups (broad SMARTS) is 1. The van der Waals surface area contributed by atoms with E-state index in [4.69, 9.17) is 5.73 Å². The number of primary amides is 1. The highest BCUT2D eigenvalue weighted by molar-refractivity contribution is 7.10. The number of nitrogens with two attached hydrogens (primary N) is 1. The van der Waals surface area contributed by atoms with Crippen LogP contribution in [0, 0.1) is 5.92 Å². The molecule has 116 valence electrons. The normalized spacial score (nSPS) is 12.0. The van der Waals surface area contributed by atoms with E-state index in [1.807, 2.05) is 13.8 Å². The molecule has 1 unspecified atom stereocenters. The third kappa shape index (κ3) is 5.42. The second-order valence-corrected chi connectivity index (χ2v) is 5.96. The summed E-state index contributed by atoms with van der Waals surface area (Å²) in [6.45, 7) is 3.83. The van der Waals surface area contributed by atoms with E-state index in [0.29, 0.717) is 11.4 Å². The molecule has 0 bridgehead atoms. The second-order valence-electron chi connectivity index (χ2n) is 4.98. The van der Waals surface area contributed by atoms with E-state index in [-0.39, 0.29) is 12.5 Å². The molecule has 0 aliphatic heterocycles. The molecule has 0 fully saturated rings. The Labute approximate surface area is 126 Å². The first kappa shape index (κ1) is 17.0. The number of carboxylic acids is 1. The largest absolute Gasteiger partial charge is 0.479 e. The van der Waals surface area contributed by atoms with Gasteiger partial charge >= 0.3 is 12.0 Å². The van der Waals surface area contributed by atoms with Gasteiger partial charge in [-0.05, 0) is 17.4 Å². The standard InChI is InChI=1S/C13H19N3O4S/c1-8(2)6-16(7-10(14)17)13(20)15-11(12(18)19)9-4-3-5-21-9/h3-5,8,11H,6-7H2,1-2H3,(H2,14,17)(H,15,20)(H,18,19). The third-order valence-electron chi connectivity index (χ3n) is 2.56. The molecule has 0 radical (unpaired) electrons. The predicted molar refractivity (Wildman–Crippen MR) is 78.8 cm³/mol. The first-order valence-corrected chi connectivity index (χ1v) is 7.29. The lowest BCUT2D eigenvalue weighted by Crippen LogP contribution is -2.48. The van der Waals surface area contributed by atoms with Crippen molar-refractivity contribution in [3.63, 3.8) is 0 Å². The molecular formula is C13H19N3O4S. The van der Waals surface area contributed by atoms with Crippen LogP contribution in [0.3, 0.4) is 0 Å². The van der Waals surface area contributed by atoms with Crippen LogP contribution < -0.4 is 11.1 Å². The van der Waals surface area contributed by atoms with Crippen LogP contribution in [0.25, 0.3) is 0 Å². The molecule has 0 aliphatic rings. The predicted octanol–water partition coefficient (Wildman–Crippen LogP) is 1.03. The van der Waals surface area contributed by atoms with Crippen LogP contribution in [0.5, 0.6) is 0 Å². The van der Waals surface area contributed by atoms with Gasteiger partial charge in [0.15, 0.2) is 6.04 Å². The van der Waals surface area contributed by atoms with Gasteiger partial charge in [-0.2, -0.15) is 0 Å². The molecule has 1 aromatic heterocycles. The zero-order valence-electron chi connectivity index (χ0n) is 11.9. The minimum atomic E-state index is -1.16. The molecule has 0 saturated heterocycles. The van der Waals surface area contributed by atoms with Crippen molar-refractivity contribution >= 4 is 29.2 Å². The Bertz CT molecular complexity index is 502. The topological polar surface area (TPSA) is 113 Å². The maximum atomic E-state index is 12.2. The highest BCUT2D eigenvalue weighted by Gasteiger charge is 2.26. The van der Waals surface area contributed by atoms with Crippen molar-refractivity contribution < 1.29 is 19.5 Å². The van der Waals surface area contributed by atoms with E-state index in [0.717, 1.165) is 0 Å². The Kier molecular flexibility index (Phi) is 6.16. The van der Waals surface area contributed by atoms with Crippen LogP contribution in [-0.4, -0.2) is 41.0 Å². The van der Waals surface area contributed by atoms with Gasteiger partial charge in [-0.3, -0.25) is 4.79 Å². The first-order chi connectivity index (χ1) is 9.81. The maximum Gasteiger partial charge on any atom is 0.331 e. The Balaban J connectivity index is 2.82. The second kappa shape index (κ2) is 7.63. The summed E-state index contributed by atoms with van der Waals surface area (Å²) in [7, 11) is 0. The van der Waals surface area contributed by atoms with Gasteiger partial charge in [0, 0.05) is 11.4 Å². The number of carbonyl (C=O) groups excluding carboxylic acids is 2. The van der Waals surface area contributed by atoms with Gasteiger partial charge in [0.25, 0.3) is 0 Å². The van der Waals surface area contributed by atoms with Crippen molar-refractivity contribution in [1.82, 2.24) is 10.2 Å². The van der Waals surface area contributed by atoms with Gasteiger partial charge < -0.3 is 21.1 Å². The smallest absolute Gasteiger partial charge is 0.331 e. The number of rotatable bonds is 7. The lowest BCUT2D eigenvalue weighted by atomic mass is 10.2. The number of thiophene rings is 1. The highest BCUT2D eigenvalue weighted by Crippen LogP contribution is 2.19. The minimum absolute atomic E-state index is 0.125. The minimum Gasteiger partial charge on any atom is -0.479 e. The fourth-order valence-corrected chi connectivity index (χ4v) is 2.54. The number of nitrogens with one attached hydrogen (secondary N) is 1. The molecule has 0 spiro atoms. The molecule has 8 heteroatoms. The summed E-state index contributed by atoms with van der Waals surface area (Å²) in [6.07, 6.45) is 0. The van der Waals surface area contributed by atoms with Gasteiger partial charge in [0.1, 0.15) is 6.54 Å². The summed E-state index contributed by atoms with van der Waals surface area (Å²) >= 11 is 1.24. The van der Waals surface area contributed by atoms with E-state index in [2.05, 4.69) is 5.32 Å². The van der Waals surface area contributed by atoms with Crippen LogP contribution in [0.2, 0.25) is 0 Å². The van der Waals surface area contributed by atoms with E-state index in [1.54, 1.807) is 17.5 Å². The van der Waals surface area contributed by atoms with Crippen LogP contribution in [0.15, 0.2) is 17.5 Å². The average molecular weight is 313 g/mol. The van der Waals surface area contributed by atoms with Crippen LogP contribution in [0.4, 0.5) is 4.79 Å². The van der Waals surface area contributed by atoms with Crippen LogP contribution in [-0.2, 0) is 9.59 Å². The van der Waals surface area contributed by atoms with Crippen molar-refractivity contribution in [2.24, 2.45) is 11.7 Å². The molecule has 0 aromatic carbocycles.